The van der Waals surface area contributed by atoms with Crippen LogP contribution in [-0.4, -0.2) is 111 Å². The molecule has 0 aliphatic carbocycles. The number of nitrogens with zero attached hydrogens (tertiary/aromatic N) is 2. The molecule has 0 aromatic carbocycles. The zero-order chi connectivity index (χ0) is 26.7. The number of alkyl halides is 9. The van der Waals surface area contributed by atoms with E-state index in [4.69, 9.17) is 9.66 Å². The van der Waals surface area contributed by atoms with Crippen LogP contribution >= 0.6 is 0 Å². The van der Waals surface area contributed by atoms with E-state index in [9.17, 15) is 56.3 Å². The van der Waals surface area contributed by atoms with E-state index in [2.05, 4.69) is 0 Å². The van der Waals surface area contributed by atoms with Crippen molar-refractivity contribution in [3.63, 3.8) is 0 Å². The monoisotopic (exact) mass is 551 g/mol. The Kier molecular flexibility index (Phi) is 10.1. The quantitative estimate of drug-likeness (QED) is 0.194. The van der Waals surface area contributed by atoms with E-state index in [1.165, 1.54) is 14.1 Å². The Hall–Kier alpha value is -0.890. The molecule has 0 atom stereocenters. The Morgan fingerprint density at radius 3 is 1.64 bits per heavy atom. The number of hydrogen-bond acceptors (Lipinski definition) is 5. The maximum atomic E-state index is 14.1. The molecule has 0 heterocycles. The molecule has 2 N–H and O–H groups in total. The van der Waals surface area contributed by atoms with Gasteiger partial charge in [-0.05, 0) is 6.42 Å². The second-order valence-electron chi connectivity index (χ2n) is 7.67. The third kappa shape index (κ3) is 7.55. The number of quaternary nitrogens is 1. The van der Waals surface area contributed by atoms with E-state index in [-0.39, 0.29) is 24.2 Å². The number of aliphatic hydroxyl groups is 1. The SMILES string of the molecule is C[N+](C)(CCO)CCCN(CCCS(=O)(=O)O)S(=O)(=O)C(F)(F)C(F)(F)C(F)(F)C(F)(F)F. The summed E-state index contributed by atoms with van der Waals surface area (Å²) in [7, 11) is -8.72. The van der Waals surface area contributed by atoms with E-state index in [0.717, 1.165) is 0 Å². The van der Waals surface area contributed by atoms with Crippen LogP contribution in [0.5, 0.6) is 0 Å². The lowest BCUT2D eigenvalue weighted by Crippen LogP contribution is -2.65. The van der Waals surface area contributed by atoms with E-state index in [1.54, 1.807) is 0 Å². The van der Waals surface area contributed by atoms with Crippen LogP contribution in [0.25, 0.3) is 0 Å². The van der Waals surface area contributed by atoms with Gasteiger partial charge in [-0.25, -0.2) is 8.42 Å². The van der Waals surface area contributed by atoms with Gasteiger partial charge in [-0.3, -0.25) is 4.55 Å². The molecule has 0 fully saturated rings. The molecule has 200 valence electrons. The lowest BCUT2D eigenvalue weighted by atomic mass is 10.1. The van der Waals surface area contributed by atoms with Gasteiger partial charge in [-0.2, -0.15) is 52.2 Å². The molecule has 0 radical (unpaired) electrons. The van der Waals surface area contributed by atoms with Crippen molar-refractivity contribution in [3.05, 3.63) is 0 Å². The predicted octanol–water partition coefficient (Wildman–Crippen LogP) is 1.78. The fourth-order valence-corrected chi connectivity index (χ4v) is 4.53. The van der Waals surface area contributed by atoms with Crippen molar-refractivity contribution in [1.82, 2.24) is 4.31 Å². The Morgan fingerprint density at radius 2 is 1.24 bits per heavy atom. The van der Waals surface area contributed by atoms with Crippen molar-refractivity contribution in [2.24, 2.45) is 0 Å². The van der Waals surface area contributed by atoms with Gasteiger partial charge in [0.15, 0.2) is 0 Å². The van der Waals surface area contributed by atoms with Gasteiger partial charge >= 0.3 is 23.3 Å². The Morgan fingerprint density at radius 1 is 0.788 bits per heavy atom. The summed E-state index contributed by atoms with van der Waals surface area (Å²) < 4.78 is 173. The van der Waals surface area contributed by atoms with Crippen LogP contribution in [0.4, 0.5) is 39.5 Å². The molecular formula is C14H24F9N2O6S2+. The van der Waals surface area contributed by atoms with Gasteiger partial charge in [0.2, 0.25) is 0 Å². The fourth-order valence-electron chi connectivity index (χ4n) is 2.52. The van der Waals surface area contributed by atoms with Gasteiger partial charge in [0.05, 0.1) is 33.0 Å². The van der Waals surface area contributed by atoms with Crippen LogP contribution in [-0.2, 0) is 20.1 Å². The minimum absolute atomic E-state index is 0.0475. The van der Waals surface area contributed by atoms with E-state index in [1.807, 2.05) is 0 Å². The Bertz CT molecular complexity index is 861. The standard InChI is InChI=1S/C14H23F9N2O6S2/c1-25(2,8-9-26)7-3-5-24(6-4-10-32(27,28)29)33(30,31)14(22,23)12(17,18)11(15,16)13(19,20)21/h26H,3-10H2,1-2H3/p+1. The molecule has 19 heteroatoms. The average Bonchev–Trinajstić information content (AvgIpc) is 2.57. The third-order valence-corrected chi connectivity index (χ3v) is 7.22. The Labute approximate surface area is 184 Å². The number of sulfonamides is 1. The van der Waals surface area contributed by atoms with Crippen molar-refractivity contribution in [1.29, 1.82) is 0 Å². The summed E-state index contributed by atoms with van der Waals surface area (Å²) in [4.78, 5) is 0. The van der Waals surface area contributed by atoms with Crippen LogP contribution < -0.4 is 0 Å². The van der Waals surface area contributed by atoms with Crippen molar-refractivity contribution < 1.29 is 70.5 Å². The molecule has 0 aromatic heterocycles. The number of halogens is 9. The second kappa shape index (κ2) is 10.4. The van der Waals surface area contributed by atoms with Crippen LogP contribution in [0.2, 0.25) is 0 Å². The first-order valence-corrected chi connectivity index (χ1v) is 12.0. The number of likely N-dealkylation sites (N-methyl/N-ethyl adjacent to an activating group) is 1. The van der Waals surface area contributed by atoms with Crippen molar-refractivity contribution in [3.8, 4) is 0 Å². The molecule has 0 aromatic rings. The summed E-state index contributed by atoms with van der Waals surface area (Å²) in [5.41, 5.74) is 0. The maximum absolute atomic E-state index is 14.1. The average molecular weight is 551 g/mol. The fraction of sp³-hybridized carbons (Fsp3) is 1.00. The molecule has 0 saturated carbocycles. The summed E-state index contributed by atoms with van der Waals surface area (Å²) in [6.45, 7) is -2.80. The summed E-state index contributed by atoms with van der Waals surface area (Å²) >= 11 is 0. The minimum Gasteiger partial charge on any atom is -0.391 e. The van der Waals surface area contributed by atoms with Gasteiger partial charge in [-0.15, -0.1) is 0 Å². The second-order valence-corrected chi connectivity index (χ2v) is 11.2. The zero-order valence-electron chi connectivity index (χ0n) is 17.3. The molecule has 0 aliphatic rings. The predicted molar refractivity (Wildman–Crippen MR) is 96.0 cm³/mol. The summed E-state index contributed by atoms with van der Waals surface area (Å²) in [6.07, 6.45) is -8.61. The molecule has 33 heavy (non-hydrogen) atoms. The Balaban J connectivity index is 6.11. The third-order valence-electron chi connectivity index (χ3n) is 4.47. The molecule has 0 aliphatic heterocycles. The summed E-state index contributed by atoms with van der Waals surface area (Å²) in [5.74, 6) is -16.1. The van der Waals surface area contributed by atoms with E-state index < -0.39 is 79.4 Å². The molecule has 0 amide bonds. The minimum atomic E-state index is -7.43. The number of hydrogen-bond donors (Lipinski definition) is 2. The highest BCUT2D eigenvalue weighted by atomic mass is 32.2. The highest BCUT2D eigenvalue weighted by molar-refractivity contribution is 7.90. The summed E-state index contributed by atoms with van der Waals surface area (Å²) in [6, 6.07) is 0. The van der Waals surface area contributed by atoms with Crippen molar-refractivity contribution in [2.45, 2.75) is 36.1 Å². The van der Waals surface area contributed by atoms with Crippen molar-refractivity contribution >= 4 is 20.1 Å². The molecular weight excluding hydrogens is 527 g/mol. The molecule has 0 unspecified atom stereocenters. The normalized spacial score (nSPS) is 15.3. The highest BCUT2D eigenvalue weighted by Crippen LogP contribution is 2.55. The van der Waals surface area contributed by atoms with E-state index >= 15 is 0 Å². The van der Waals surface area contributed by atoms with Gasteiger partial charge in [0.1, 0.15) is 6.54 Å². The molecule has 0 rings (SSSR count). The van der Waals surface area contributed by atoms with Gasteiger partial charge < -0.3 is 9.59 Å². The first-order chi connectivity index (χ1) is 14.4. The van der Waals surface area contributed by atoms with Gasteiger partial charge in [-0.1, -0.05) is 0 Å². The maximum Gasteiger partial charge on any atom is 0.460 e. The topological polar surface area (TPSA) is 112 Å². The van der Waals surface area contributed by atoms with E-state index in [0.29, 0.717) is 0 Å². The number of aliphatic hydroxyl groups excluding tert-OH is 1. The van der Waals surface area contributed by atoms with Crippen LogP contribution in [0, 0.1) is 0 Å². The van der Waals surface area contributed by atoms with Crippen molar-refractivity contribution in [2.75, 3.05) is 52.6 Å². The zero-order valence-corrected chi connectivity index (χ0v) is 18.9. The van der Waals surface area contributed by atoms with Crippen LogP contribution in [0.1, 0.15) is 12.8 Å². The largest absolute Gasteiger partial charge is 0.460 e. The lowest BCUT2D eigenvalue weighted by Gasteiger charge is -2.36. The molecule has 0 bridgehead atoms. The lowest BCUT2D eigenvalue weighted by molar-refractivity contribution is -0.890. The highest BCUT2D eigenvalue weighted by Gasteiger charge is 2.85. The smallest absolute Gasteiger partial charge is 0.391 e. The molecule has 0 saturated heterocycles. The molecule has 8 nitrogen and oxygen atoms in total. The van der Waals surface area contributed by atoms with Crippen LogP contribution in [0.3, 0.4) is 0 Å². The van der Waals surface area contributed by atoms with Gasteiger partial charge in [0, 0.05) is 19.5 Å². The first-order valence-electron chi connectivity index (χ1n) is 8.95. The van der Waals surface area contributed by atoms with Gasteiger partial charge in [0.25, 0.3) is 20.1 Å². The molecule has 0 spiro atoms. The number of rotatable bonds is 14. The summed E-state index contributed by atoms with van der Waals surface area (Å²) in [5, 5.41) is 1.97. The first kappa shape index (κ1) is 32.1. The van der Waals surface area contributed by atoms with Crippen LogP contribution in [0.15, 0.2) is 0 Å².